The third-order valence-corrected chi connectivity index (χ3v) is 5.39. The number of anilines is 2. The van der Waals surface area contributed by atoms with Gasteiger partial charge in [-0.2, -0.15) is 4.98 Å². The predicted molar refractivity (Wildman–Crippen MR) is 124 cm³/mol. The van der Waals surface area contributed by atoms with Gasteiger partial charge in [0.2, 0.25) is 23.5 Å². The first-order valence-corrected chi connectivity index (χ1v) is 11.1. The van der Waals surface area contributed by atoms with E-state index in [1.54, 1.807) is 43.3 Å². The number of nitrogens with one attached hydrogen (secondary N) is 2. The molecular weight excluding hydrogens is 441 g/mol. The van der Waals surface area contributed by atoms with Crippen LogP contribution in [0.25, 0.3) is 11.4 Å². The van der Waals surface area contributed by atoms with Crippen LogP contribution in [0.5, 0.6) is 0 Å². The predicted octanol–water partition coefficient (Wildman–Crippen LogP) is 3.03. The second kappa shape index (κ2) is 11.0. The lowest BCUT2D eigenvalue weighted by Crippen LogP contribution is -2.41. The van der Waals surface area contributed by atoms with E-state index in [-0.39, 0.29) is 36.3 Å². The fourth-order valence-corrected chi connectivity index (χ4v) is 3.45. The minimum Gasteiger partial charge on any atom is -0.379 e. The van der Waals surface area contributed by atoms with Gasteiger partial charge in [-0.05, 0) is 42.8 Å². The van der Waals surface area contributed by atoms with Gasteiger partial charge in [0.25, 0.3) is 0 Å². The zero-order valence-electron chi connectivity index (χ0n) is 18.8. The minimum atomic E-state index is -0.342. The highest BCUT2D eigenvalue weighted by molar-refractivity contribution is 5.93. The van der Waals surface area contributed by atoms with Crippen LogP contribution in [-0.2, 0) is 20.7 Å². The molecule has 1 aliphatic heterocycles. The first-order valence-electron chi connectivity index (χ1n) is 11.1. The number of amides is 2. The number of halogens is 1. The summed E-state index contributed by atoms with van der Waals surface area (Å²) in [6.45, 7) is 4.76. The van der Waals surface area contributed by atoms with Gasteiger partial charge >= 0.3 is 0 Å². The summed E-state index contributed by atoms with van der Waals surface area (Å²) in [5, 5.41) is 9.51. The van der Waals surface area contributed by atoms with E-state index in [9.17, 15) is 14.0 Å². The van der Waals surface area contributed by atoms with E-state index in [0.717, 1.165) is 13.1 Å². The largest absolute Gasteiger partial charge is 0.379 e. The van der Waals surface area contributed by atoms with Crippen molar-refractivity contribution >= 4 is 23.2 Å². The van der Waals surface area contributed by atoms with Crippen LogP contribution in [0.15, 0.2) is 47.0 Å². The molecule has 2 heterocycles. The van der Waals surface area contributed by atoms with E-state index in [0.29, 0.717) is 48.2 Å². The van der Waals surface area contributed by atoms with Crippen LogP contribution < -0.4 is 10.6 Å². The number of hydrogen-bond acceptors (Lipinski definition) is 7. The van der Waals surface area contributed by atoms with Gasteiger partial charge in [-0.1, -0.05) is 17.3 Å². The lowest BCUT2D eigenvalue weighted by Gasteiger charge is -2.25. The summed E-state index contributed by atoms with van der Waals surface area (Å²) in [5.74, 6) is -0.0767. The molecule has 3 aromatic rings. The van der Waals surface area contributed by atoms with Crippen LogP contribution in [0.4, 0.5) is 15.8 Å². The maximum Gasteiger partial charge on any atom is 0.238 e. The fourth-order valence-electron chi connectivity index (χ4n) is 3.45. The van der Waals surface area contributed by atoms with E-state index < -0.39 is 0 Å². The zero-order valence-corrected chi connectivity index (χ0v) is 18.8. The quantitative estimate of drug-likeness (QED) is 0.524. The number of benzene rings is 2. The molecule has 0 radical (unpaired) electrons. The molecule has 0 aliphatic carbocycles. The van der Waals surface area contributed by atoms with E-state index in [4.69, 9.17) is 9.26 Å². The number of hydrogen-bond donors (Lipinski definition) is 2. The molecule has 0 saturated carbocycles. The van der Waals surface area contributed by atoms with E-state index in [2.05, 4.69) is 20.8 Å². The minimum absolute atomic E-state index is 0.0917. The standard InChI is InChI=1S/C24H26FN5O4/c1-16-2-3-17(14-20(16)25)24-28-23(34-29-24)9-8-21(31)26-18-4-6-19(7-5-18)27-22(32)15-30-10-12-33-13-11-30/h2-7,14H,8-13,15H2,1H3,(H,26,31)(H,27,32). The van der Waals surface area contributed by atoms with Crippen molar-refractivity contribution in [1.29, 1.82) is 0 Å². The van der Waals surface area contributed by atoms with Crippen LogP contribution in [0, 0.1) is 12.7 Å². The molecule has 10 heteroatoms. The molecular formula is C24H26FN5O4. The Morgan fingerprint density at radius 2 is 1.71 bits per heavy atom. The molecule has 4 rings (SSSR count). The molecule has 2 amide bonds. The summed E-state index contributed by atoms with van der Waals surface area (Å²) >= 11 is 0. The number of rotatable bonds is 8. The number of aromatic nitrogens is 2. The average Bonchev–Trinajstić information content (AvgIpc) is 3.30. The summed E-state index contributed by atoms with van der Waals surface area (Å²) in [6.07, 6.45) is 0.394. The second-order valence-corrected chi connectivity index (χ2v) is 8.04. The number of nitrogens with zero attached hydrogens (tertiary/aromatic N) is 3. The SMILES string of the molecule is Cc1ccc(-c2noc(CCC(=O)Nc3ccc(NC(=O)CN4CCOCC4)cc3)n2)cc1F. The average molecular weight is 468 g/mol. The molecule has 1 fully saturated rings. The van der Waals surface area contributed by atoms with Crippen LogP contribution in [0.2, 0.25) is 0 Å². The molecule has 1 aliphatic rings. The van der Waals surface area contributed by atoms with Gasteiger partial charge in [-0.3, -0.25) is 14.5 Å². The summed E-state index contributed by atoms with van der Waals surface area (Å²) in [5.41, 5.74) is 2.31. The highest BCUT2D eigenvalue weighted by atomic mass is 19.1. The van der Waals surface area contributed by atoms with Crippen LogP contribution in [0.1, 0.15) is 17.9 Å². The maximum atomic E-state index is 13.7. The molecule has 1 aromatic heterocycles. The molecule has 2 N–H and O–H groups in total. The molecule has 0 atom stereocenters. The van der Waals surface area contributed by atoms with Crippen LogP contribution in [0.3, 0.4) is 0 Å². The highest BCUT2D eigenvalue weighted by Gasteiger charge is 2.15. The Morgan fingerprint density at radius 3 is 2.38 bits per heavy atom. The molecule has 9 nitrogen and oxygen atoms in total. The summed E-state index contributed by atoms with van der Waals surface area (Å²) in [4.78, 5) is 30.8. The molecule has 0 unspecified atom stereocenters. The number of ether oxygens (including phenoxy) is 1. The first kappa shape index (κ1) is 23.5. The van der Waals surface area contributed by atoms with Crippen molar-refractivity contribution in [3.63, 3.8) is 0 Å². The van der Waals surface area contributed by atoms with Crippen molar-refractivity contribution in [1.82, 2.24) is 15.0 Å². The Kier molecular flexibility index (Phi) is 7.61. The molecule has 34 heavy (non-hydrogen) atoms. The lowest BCUT2D eigenvalue weighted by atomic mass is 10.1. The smallest absolute Gasteiger partial charge is 0.238 e. The van der Waals surface area contributed by atoms with Crippen molar-refractivity contribution in [2.75, 3.05) is 43.5 Å². The van der Waals surface area contributed by atoms with Gasteiger partial charge in [0, 0.05) is 42.9 Å². The van der Waals surface area contributed by atoms with Gasteiger partial charge in [-0.25, -0.2) is 4.39 Å². The van der Waals surface area contributed by atoms with Gasteiger partial charge in [-0.15, -0.1) is 0 Å². The number of morpholine rings is 1. The van der Waals surface area contributed by atoms with Gasteiger partial charge in [0.15, 0.2) is 0 Å². The fraction of sp³-hybridized carbons (Fsp3) is 0.333. The van der Waals surface area contributed by atoms with Crippen LogP contribution in [-0.4, -0.2) is 59.7 Å². The summed E-state index contributed by atoms with van der Waals surface area (Å²) in [7, 11) is 0. The third kappa shape index (κ3) is 6.46. The van der Waals surface area contributed by atoms with Crippen molar-refractivity contribution in [3.8, 4) is 11.4 Å². The van der Waals surface area contributed by atoms with Crippen molar-refractivity contribution in [3.05, 3.63) is 59.7 Å². The Balaban J connectivity index is 1.23. The Morgan fingerprint density at radius 1 is 1.03 bits per heavy atom. The normalized spacial score (nSPS) is 14.1. The Hall–Kier alpha value is -3.63. The molecule has 178 valence electrons. The van der Waals surface area contributed by atoms with E-state index in [1.165, 1.54) is 6.07 Å². The molecule has 2 aromatic carbocycles. The van der Waals surface area contributed by atoms with E-state index >= 15 is 0 Å². The molecule has 1 saturated heterocycles. The second-order valence-electron chi connectivity index (χ2n) is 8.04. The zero-order chi connectivity index (χ0) is 23.9. The Labute approximate surface area is 196 Å². The highest BCUT2D eigenvalue weighted by Crippen LogP contribution is 2.20. The van der Waals surface area contributed by atoms with Crippen LogP contribution >= 0.6 is 0 Å². The van der Waals surface area contributed by atoms with Crippen molar-refractivity contribution in [2.45, 2.75) is 19.8 Å². The van der Waals surface area contributed by atoms with Gasteiger partial charge in [0.05, 0.1) is 19.8 Å². The first-order chi connectivity index (χ1) is 16.5. The summed E-state index contributed by atoms with van der Waals surface area (Å²) < 4.78 is 24.2. The third-order valence-electron chi connectivity index (χ3n) is 5.39. The molecule has 0 bridgehead atoms. The topological polar surface area (TPSA) is 110 Å². The van der Waals surface area contributed by atoms with Gasteiger partial charge < -0.3 is 19.9 Å². The maximum absolute atomic E-state index is 13.7. The Bertz CT molecular complexity index is 1140. The summed E-state index contributed by atoms with van der Waals surface area (Å²) in [6, 6.07) is 11.6. The van der Waals surface area contributed by atoms with Crippen molar-refractivity contribution < 1.29 is 23.2 Å². The number of carbonyl (C=O) groups excluding carboxylic acids is 2. The number of carbonyl (C=O) groups is 2. The molecule has 0 spiro atoms. The van der Waals surface area contributed by atoms with Crippen molar-refractivity contribution in [2.24, 2.45) is 0 Å². The monoisotopic (exact) mass is 467 g/mol. The lowest BCUT2D eigenvalue weighted by molar-refractivity contribution is -0.118. The van der Waals surface area contributed by atoms with Gasteiger partial charge in [0.1, 0.15) is 5.82 Å². The number of aryl methyl sites for hydroxylation is 2. The van der Waals surface area contributed by atoms with E-state index in [1.807, 2.05) is 4.90 Å².